The fraction of sp³-hybridized carbons (Fsp3) is 0.500. The highest BCUT2D eigenvalue weighted by molar-refractivity contribution is 8.76. The van der Waals surface area contributed by atoms with Crippen LogP contribution < -0.4 is 16.2 Å². The molecule has 4 aromatic rings. The molecule has 9 atom stereocenters. The molecule has 5 aliphatic carbocycles. The lowest BCUT2D eigenvalue weighted by Gasteiger charge is -2.57. The molecule has 9 unspecified atom stereocenters. The van der Waals surface area contributed by atoms with Crippen molar-refractivity contribution in [3.8, 4) is 29.1 Å². The molecule has 0 saturated heterocycles. The zero-order valence-corrected chi connectivity index (χ0v) is 40.8. The number of benzene rings is 3. The largest absolute Gasteiger partial charge is 0.508 e. The van der Waals surface area contributed by atoms with Crippen molar-refractivity contribution < 1.29 is 39.9 Å². The molecule has 10 rings (SSSR count). The van der Waals surface area contributed by atoms with E-state index in [0.717, 1.165) is 78.5 Å². The average Bonchev–Trinajstić information content (AvgIpc) is 4.03. The van der Waals surface area contributed by atoms with Crippen LogP contribution in [0.1, 0.15) is 138 Å². The molecule has 0 radical (unpaired) electrons. The van der Waals surface area contributed by atoms with Crippen molar-refractivity contribution in [1.29, 1.82) is 0 Å². The van der Waals surface area contributed by atoms with Crippen molar-refractivity contribution in [1.82, 2.24) is 4.98 Å². The highest BCUT2D eigenvalue weighted by Gasteiger charge is 2.65. The Morgan fingerprint density at radius 3 is 2.59 bits per heavy atom. The highest BCUT2D eigenvalue weighted by Crippen LogP contribution is 2.71. The van der Waals surface area contributed by atoms with E-state index in [0.29, 0.717) is 77.9 Å². The molecule has 2 heterocycles. The summed E-state index contributed by atoms with van der Waals surface area (Å²) in [5.74, 6) is 8.71. The van der Waals surface area contributed by atoms with E-state index in [2.05, 4.69) is 29.0 Å². The molecule has 11 nitrogen and oxygen atoms in total. The van der Waals surface area contributed by atoms with Gasteiger partial charge in [0.25, 0.3) is 0 Å². The van der Waals surface area contributed by atoms with E-state index in [1.54, 1.807) is 58.1 Å². The lowest BCUT2D eigenvalue weighted by molar-refractivity contribution is -0.114. The van der Waals surface area contributed by atoms with Crippen LogP contribution in [0.15, 0.2) is 72.9 Å². The van der Waals surface area contributed by atoms with Gasteiger partial charge in [0.05, 0.1) is 38.0 Å². The molecule has 6 aliphatic rings. The Kier molecular flexibility index (Phi) is 13.7. The van der Waals surface area contributed by atoms with E-state index in [1.165, 1.54) is 0 Å². The Hall–Kier alpha value is -4.52. The van der Waals surface area contributed by atoms with Crippen LogP contribution in [0.4, 0.5) is 0 Å². The van der Waals surface area contributed by atoms with Crippen LogP contribution in [0.2, 0.25) is 0 Å². The third-order valence-corrected chi connectivity index (χ3v) is 19.7. The number of nitrogens with one attached hydrogen (secondary N) is 1. The number of carbonyl (C=O) groups excluding carboxylic acids is 2. The number of ether oxygens (including phenoxy) is 1. The molecule has 1 aliphatic heterocycles. The number of phenolic OH excluding ortho intramolecular Hbond substituents is 2. The maximum absolute atomic E-state index is 14.3. The number of H-pyrrole nitrogens is 1. The van der Waals surface area contributed by atoms with Gasteiger partial charge in [-0.15, -0.1) is 0 Å². The van der Waals surface area contributed by atoms with Gasteiger partial charge >= 0.3 is 0 Å². The number of ketones is 2. The first kappa shape index (κ1) is 48.1. The van der Waals surface area contributed by atoms with Crippen molar-refractivity contribution in [3.05, 3.63) is 123 Å². The van der Waals surface area contributed by atoms with E-state index in [4.69, 9.17) is 16.2 Å². The summed E-state index contributed by atoms with van der Waals surface area (Å²) in [6.45, 7) is -0.0329. The first-order chi connectivity index (χ1) is 33.3. The number of Topliss-reactive ketones (excluding diaryl/α,β-unsaturated/α-hetero) is 1. The van der Waals surface area contributed by atoms with Crippen molar-refractivity contribution >= 4 is 33.2 Å². The van der Waals surface area contributed by atoms with Crippen molar-refractivity contribution in [2.24, 2.45) is 45.5 Å². The third kappa shape index (κ3) is 9.43. The van der Waals surface area contributed by atoms with E-state index in [1.807, 2.05) is 24.3 Å². The summed E-state index contributed by atoms with van der Waals surface area (Å²) in [4.78, 5) is 31.4. The van der Waals surface area contributed by atoms with Crippen LogP contribution in [-0.2, 0) is 29.8 Å². The molecule has 8 bridgehead atoms. The van der Waals surface area contributed by atoms with Crippen LogP contribution in [0, 0.1) is 45.8 Å². The van der Waals surface area contributed by atoms with Gasteiger partial charge in [0.2, 0.25) is 0 Å². The molecular formula is C56H65N3O8S2. The lowest BCUT2D eigenvalue weighted by atomic mass is 9.48. The first-order valence-corrected chi connectivity index (χ1v) is 27.3. The van der Waals surface area contributed by atoms with Crippen LogP contribution in [0.5, 0.6) is 17.2 Å². The SMILES string of the molecule is NC(N)c1cc2c3cc1CSSCC14CC5CC6CCCC6(CC(O)CO)CC5C(C=CC(=O)CCc5ccc(O)c(c5)OCCc5ccc(O)c(c5)C3CC(=O)c3cc[nH]c3CC#C2)(CC1O)C4. The number of aromatic hydroxyl groups is 2. The van der Waals surface area contributed by atoms with Crippen LogP contribution >= 0.6 is 21.6 Å². The maximum Gasteiger partial charge on any atom is 0.165 e. The summed E-state index contributed by atoms with van der Waals surface area (Å²) in [5.41, 5.74) is 19.0. The third-order valence-electron chi connectivity index (χ3n) is 17.2. The zero-order chi connectivity index (χ0) is 48.1. The number of carbonyl (C=O) groups is 2. The molecule has 3 aromatic carbocycles. The normalized spacial score (nSPS) is 30.7. The van der Waals surface area contributed by atoms with Gasteiger partial charge in [-0.05, 0) is 151 Å². The molecule has 13 heteroatoms. The predicted octanol–water partition coefficient (Wildman–Crippen LogP) is 8.32. The van der Waals surface area contributed by atoms with Gasteiger partial charge in [0.1, 0.15) is 5.75 Å². The van der Waals surface area contributed by atoms with Crippen molar-refractivity contribution in [3.63, 3.8) is 0 Å². The Morgan fingerprint density at radius 2 is 1.77 bits per heavy atom. The first-order valence-electron chi connectivity index (χ1n) is 24.8. The highest BCUT2D eigenvalue weighted by atomic mass is 33.1. The molecule has 10 N–H and O–H groups in total. The molecule has 0 spiro atoms. The standard InChI is InChI=1S/C56H65N3O8S2/c57-53(58)43-22-35-3-1-5-47-41(13-17-59-47)50(65)24-44-42(35)23-37(43)30-68-69-32-56-25-36-21-38-4-2-15-54(38,26-40(62)29-60)27-46(36)55(31-56,28-52(56)66)16-12-39(61)9-6-33-8-11-49(64)51(20-33)67-18-14-34-7-10-48(63)45(44)19-34/h7-8,10-13,16-17,19-20,22-23,36,38,40,44,46,52-53,59-60,62-64,66H,2,4-6,9,14-15,18,21,24-32,57-58H2. The molecule has 0 amide bonds. The molecular weight excluding hydrogens is 907 g/mol. The van der Waals surface area contributed by atoms with Gasteiger partial charge in [0.15, 0.2) is 23.1 Å². The summed E-state index contributed by atoms with van der Waals surface area (Å²) < 4.78 is 6.19. The number of aryl methyl sites for hydroxylation is 1. The quantitative estimate of drug-likeness (QED) is 0.0551. The number of aliphatic hydroxyl groups excluding tert-OH is 3. The molecule has 69 heavy (non-hydrogen) atoms. The number of allylic oxidation sites excluding steroid dienone is 2. The van der Waals surface area contributed by atoms with E-state index in [-0.39, 0.29) is 65.9 Å². The number of nitrogens with two attached hydrogens (primary N) is 2. The number of phenols is 2. The number of aromatic nitrogens is 1. The van der Waals surface area contributed by atoms with Crippen molar-refractivity contribution in [2.45, 2.75) is 120 Å². The zero-order valence-electron chi connectivity index (χ0n) is 39.1. The second-order valence-electron chi connectivity index (χ2n) is 21.3. The van der Waals surface area contributed by atoms with Crippen LogP contribution in [0.3, 0.4) is 0 Å². The Labute approximate surface area is 412 Å². The minimum atomic E-state index is -0.802. The topological polar surface area (TPSA) is 212 Å². The second kappa shape index (κ2) is 19.6. The molecule has 4 saturated carbocycles. The van der Waals surface area contributed by atoms with Gasteiger partial charge < -0.3 is 46.7 Å². The summed E-state index contributed by atoms with van der Waals surface area (Å²) in [6, 6.07) is 16.5. The lowest BCUT2D eigenvalue weighted by Crippen LogP contribution is -2.50. The average molecular weight is 972 g/mol. The minimum Gasteiger partial charge on any atom is -0.508 e. The predicted molar refractivity (Wildman–Crippen MR) is 270 cm³/mol. The van der Waals surface area contributed by atoms with E-state index >= 15 is 0 Å². The number of aromatic amines is 1. The Balaban J connectivity index is 1.03. The second-order valence-corrected chi connectivity index (χ2v) is 23.8. The summed E-state index contributed by atoms with van der Waals surface area (Å²) in [5, 5.41) is 55.7. The Morgan fingerprint density at radius 1 is 0.942 bits per heavy atom. The number of fused-ring (bicyclic) bond motifs is 9. The summed E-state index contributed by atoms with van der Waals surface area (Å²) in [7, 11) is 3.45. The van der Waals surface area contributed by atoms with Gasteiger partial charge in [0, 0.05) is 70.7 Å². The van der Waals surface area contributed by atoms with Gasteiger partial charge in [-0.25, -0.2) is 0 Å². The smallest absolute Gasteiger partial charge is 0.165 e. The van der Waals surface area contributed by atoms with Gasteiger partial charge in [-0.3, -0.25) is 9.59 Å². The minimum absolute atomic E-state index is 0.00484. The monoisotopic (exact) mass is 971 g/mol. The van der Waals surface area contributed by atoms with Crippen LogP contribution in [0.25, 0.3) is 0 Å². The van der Waals surface area contributed by atoms with E-state index in [9.17, 15) is 35.1 Å². The Bertz CT molecular complexity index is 2710. The van der Waals surface area contributed by atoms with Gasteiger partial charge in [-0.1, -0.05) is 70.2 Å². The fourth-order valence-electron chi connectivity index (χ4n) is 13.9. The number of aliphatic hydroxyl groups is 3. The molecule has 4 fully saturated rings. The number of hydrogen-bond donors (Lipinski definition) is 8. The van der Waals surface area contributed by atoms with Gasteiger partial charge in [-0.2, -0.15) is 0 Å². The summed E-state index contributed by atoms with van der Waals surface area (Å²) >= 11 is 0. The van der Waals surface area contributed by atoms with Crippen LogP contribution in [-0.4, -0.2) is 73.3 Å². The summed E-state index contributed by atoms with van der Waals surface area (Å²) in [6.07, 6.45) is 13.2. The van der Waals surface area contributed by atoms with E-state index < -0.39 is 29.7 Å². The number of rotatable bonds is 4. The molecule has 1 aromatic heterocycles. The maximum atomic E-state index is 14.3. The molecule has 364 valence electrons. The van der Waals surface area contributed by atoms with Crippen molar-refractivity contribution in [2.75, 3.05) is 19.0 Å². The fourth-order valence-corrected chi connectivity index (χ4v) is 16.7. The number of hydrogen-bond acceptors (Lipinski definition) is 12.